The minimum atomic E-state index is -0.533. The molecular weight excluding hydrogens is 260 g/mol. The van der Waals surface area contributed by atoms with Crippen molar-refractivity contribution in [2.45, 2.75) is 6.42 Å². The molecule has 1 N–H and O–H groups in total. The number of rotatable bonds is 4. The highest BCUT2D eigenvalue weighted by atomic mass is 35.5. The van der Waals surface area contributed by atoms with Gasteiger partial charge in [-0.25, -0.2) is 4.68 Å². The molecule has 18 heavy (non-hydrogen) atoms. The van der Waals surface area contributed by atoms with E-state index in [1.807, 2.05) is 0 Å². The number of hydrogen-bond acceptors (Lipinski definition) is 5. The first-order valence-corrected chi connectivity index (χ1v) is 5.46. The van der Waals surface area contributed by atoms with Crippen LogP contribution in [0, 0.1) is 10.1 Å². The fraction of sp³-hybridized carbons (Fsp3) is 0.200. The lowest BCUT2D eigenvalue weighted by atomic mass is 10.2. The summed E-state index contributed by atoms with van der Waals surface area (Å²) >= 11 is 5.72. The van der Waals surface area contributed by atoms with Gasteiger partial charge in [0, 0.05) is 24.1 Å². The molecule has 1 heterocycles. The summed E-state index contributed by atoms with van der Waals surface area (Å²) < 4.78 is 1.29. The number of benzene rings is 1. The molecule has 0 spiro atoms. The zero-order valence-corrected chi connectivity index (χ0v) is 9.91. The average molecular weight is 269 g/mol. The highest BCUT2D eigenvalue weighted by molar-refractivity contribution is 6.30. The number of aromatic nitrogens is 3. The van der Waals surface area contributed by atoms with Crippen LogP contribution < -0.4 is 0 Å². The second-order valence-corrected chi connectivity index (χ2v) is 3.95. The Bertz CT molecular complexity index is 584. The highest BCUT2D eigenvalue weighted by Gasteiger charge is 2.17. The van der Waals surface area contributed by atoms with Crippen LogP contribution in [-0.4, -0.2) is 31.6 Å². The van der Waals surface area contributed by atoms with Gasteiger partial charge in [0.25, 0.3) is 5.69 Å². The van der Waals surface area contributed by atoms with E-state index in [4.69, 9.17) is 16.7 Å². The van der Waals surface area contributed by atoms with Crippen LogP contribution in [-0.2, 0) is 6.42 Å². The smallest absolute Gasteiger partial charge is 0.296 e. The number of hydrogen-bond donors (Lipinski definition) is 1. The van der Waals surface area contributed by atoms with E-state index in [1.54, 1.807) is 0 Å². The molecule has 0 aliphatic carbocycles. The first-order chi connectivity index (χ1) is 8.61. The second-order valence-electron chi connectivity index (χ2n) is 3.52. The van der Waals surface area contributed by atoms with E-state index in [1.165, 1.54) is 29.1 Å². The Morgan fingerprint density at radius 1 is 1.50 bits per heavy atom. The fourth-order valence-electron chi connectivity index (χ4n) is 1.48. The van der Waals surface area contributed by atoms with Crippen LogP contribution in [0.4, 0.5) is 5.69 Å². The second kappa shape index (κ2) is 5.11. The average Bonchev–Trinajstić information content (AvgIpc) is 2.78. The predicted octanol–water partition coefficient (Wildman–Crippen LogP) is 1.36. The van der Waals surface area contributed by atoms with Crippen molar-refractivity contribution in [1.29, 1.82) is 0 Å². The van der Waals surface area contributed by atoms with Gasteiger partial charge in [-0.2, -0.15) is 0 Å². The molecule has 7 nitrogen and oxygen atoms in total. The molecule has 2 aromatic rings. The van der Waals surface area contributed by atoms with Crippen LogP contribution >= 0.6 is 11.6 Å². The highest BCUT2D eigenvalue weighted by Crippen LogP contribution is 2.25. The van der Waals surface area contributed by atoms with Crippen LogP contribution in [0.3, 0.4) is 0 Å². The molecule has 0 fully saturated rings. The van der Waals surface area contributed by atoms with Crippen LogP contribution in [0.2, 0.25) is 5.02 Å². The minimum absolute atomic E-state index is 0.0542. The maximum atomic E-state index is 10.9. The Hall–Kier alpha value is -1.99. The normalized spacial score (nSPS) is 10.6. The number of aliphatic hydroxyl groups is 1. The summed E-state index contributed by atoms with van der Waals surface area (Å²) in [4.78, 5) is 10.4. The van der Waals surface area contributed by atoms with Crippen molar-refractivity contribution >= 4 is 17.3 Å². The number of nitrogens with zero attached hydrogens (tertiary/aromatic N) is 4. The minimum Gasteiger partial charge on any atom is -0.396 e. The first-order valence-electron chi connectivity index (χ1n) is 5.08. The van der Waals surface area contributed by atoms with Gasteiger partial charge in [0.05, 0.1) is 16.8 Å². The molecule has 0 saturated carbocycles. The van der Waals surface area contributed by atoms with Gasteiger partial charge < -0.3 is 5.11 Å². The molecular formula is C10H9ClN4O3. The molecule has 0 saturated heterocycles. The summed E-state index contributed by atoms with van der Waals surface area (Å²) in [5, 5.41) is 27.6. The van der Waals surface area contributed by atoms with E-state index in [-0.39, 0.29) is 23.0 Å². The van der Waals surface area contributed by atoms with E-state index in [2.05, 4.69) is 10.3 Å². The SMILES string of the molecule is O=[N+]([O-])c1cc(Cl)ccc1-n1cc(CCO)nn1. The van der Waals surface area contributed by atoms with E-state index in [9.17, 15) is 10.1 Å². The van der Waals surface area contributed by atoms with E-state index in [0.29, 0.717) is 12.1 Å². The third-order valence-corrected chi connectivity index (χ3v) is 2.52. The molecule has 0 atom stereocenters. The van der Waals surface area contributed by atoms with Crippen molar-refractivity contribution in [3.8, 4) is 5.69 Å². The van der Waals surface area contributed by atoms with Crippen LogP contribution in [0.5, 0.6) is 0 Å². The molecule has 94 valence electrons. The summed E-state index contributed by atoms with van der Waals surface area (Å²) in [6.07, 6.45) is 1.88. The maximum absolute atomic E-state index is 10.9. The molecule has 0 unspecified atom stereocenters. The maximum Gasteiger partial charge on any atom is 0.296 e. The number of halogens is 1. The van der Waals surface area contributed by atoms with Gasteiger partial charge in [-0.15, -0.1) is 5.10 Å². The van der Waals surface area contributed by atoms with Crippen LogP contribution in [0.15, 0.2) is 24.4 Å². The monoisotopic (exact) mass is 268 g/mol. The summed E-state index contributed by atoms with van der Waals surface area (Å²) in [5.74, 6) is 0. The Morgan fingerprint density at radius 3 is 2.94 bits per heavy atom. The van der Waals surface area contributed by atoms with Crippen LogP contribution in [0.25, 0.3) is 5.69 Å². The zero-order valence-electron chi connectivity index (χ0n) is 9.15. The molecule has 0 amide bonds. The lowest BCUT2D eigenvalue weighted by Gasteiger charge is -2.01. The molecule has 8 heteroatoms. The molecule has 0 radical (unpaired) electrons. The standard InChI is InChI=1S/C10H9ClN4O3/c11-7-1-2-9(10(5-7)15(17)18)14-6-8(3-4-16)12-13-14/h1-2,5-6,16H,3-4H2. The summed E-state index contributed by atoms with van der Waals surface area (Å²) in [6.45, 7) is -0.0542. The van der Waals surface area contributed by atoms with Crippen LogP contribution in [0.1, 0.15) is 5.69 Å². The topological polar surface area (TPSA) is 94.1 Å². The van der Waals surface area contributed by atoms with Gasteiger partial charge in [0.15, 0.2) is 0 Å². The van der Waals surface area contributed by atoms with E-state index >= 15 is 0 Å². The van der Waals surface area contributed by atoms with Gasteiger partial charge in [-0.1, -0.05) is 16.8 Å². The molecule has 1 aromatic carbocycles. The number of nitro groups is 1. The van der Waals surface area contributed by atoms with Crippen molar-refractivity contribution in [3.63, 3.8) is 0 Å². The molecule has 0 bridgehead atoms. The van der Waals surface area contributed by atoms with Crippen molar-refractivity contribution in [2.75, 3.05) is 6.61 Å². The van der Waals surface area contributed by atoms with Crippen molar-refractivity contribution in [3.05, 3.63) is 45.2 Å². The Morgan fingerprint density at radius 2 is 2.28 bits per heavy atom. The fourth-order valence-corrected chi connectivity index (χ4v) is 1.65. The van der Waals surface area contributed by atoms with E-state index in [0.717, 1.165) is 0 Å². The van der Waals surface area contributed by atoms with Crippen molar-refractivity contribution < 1.29 is 10.0 Å². The largest absolute Gasteiger partial charge is 0.396 e. The molecule has 0 aliphatic rings. The molecule has 0 aliphatic heterocycles. The molecule has 2 rings (SSSR count). The number of nitro benzene ring substituents is 1. The molecule has 1 aromatic heterocycles. The summed E-state index contributed by atoms with van der Waals surface area (Å²) in [5.41, 5.74) is 0.686. The Balaban J connectivity index is 2.45. The van der Waals surface area contributed by atoms with Gasteiger partial charge in [0.2, 0.25) is 0 Å². The van der Waals surface area contributed by atoms with Gasteiger partial charge >= 0.3 is 0 Å². The third kappa shape index (κ3) is 2.47. The van der Waals surface area contributed by atoms with Gasteiger partial charge in [0.1, 0.15) is 5.69 Å². The van der Waals surface area contributed by atoms with Gasteiger partial charge in [-0.3, -0.25) is 10.1 Å². The van der Waals surface area contributed by atoms with Crippen molar-refractivity contribution in [1.82, 2.24) is 15.0 Å². The van der Waals surface area contributed by atoms with Crippen molar-refractivity contribution in [2.24, 2.45) is 0 Å². The Kier molecular flexibility index (Phi) is 3.54. The summed E-state index contributed by atoms with van der Waals surface area (Å²) in [6, 6.07) is 4.29. The first kappa shape index (κ1) is 12.5. The third-order valence-electron chi connectivity index (χ3n) is 2.29. The lowest BCUT2D eigenvalue weighted by Crippen LogP contribution is -2.00. The zero-order chi connectivity index (χ0) is 13.1. The lowest BCUT2D eigenvalue weighted by molar-refractivity contribution is -0.384. The predicted molar refractivity (Wildman–Crippen MR) is 63.8 cm³/mol. The summed E-state index contributed by atoms with van der Waals surface area (Å²) in [7, 11) is 0. The Labute approximate surface area is 107 Å². The van der Waals surface area contributed by atoms with E-state index < -0.39 is 4.92 Å². The number of aliphatic hydroxyl groups excluding tert-OH is 1. The quantitative estimate of drug-likeness (QED) is 0.667. The van der Waals surface area contributed by atoms with Gasteiger partial charge in [-0.05, 0) is 12.1 Å².